The minimum atomic E-state index is -0.760. The molecule has 3 unspecified atom stereocenters. The van der Waals surface area contributed by atoms with Gasteiger partial charge in [-0.25, -0.2) is 4.79 Å². The lowest BCUT2D eigenvalue weighted by Crippen LogP contribution is -2.56. The molecule has 1 aliphatic carbocycles. The number of ether oxygens (including phenoxy) is 1. The zero-order valence-electron chi connectivity index (χ0n) is 12.0. The zero-order valence-corrected chi connectivity index (χ0v) is 12.0. The summed E-state index contributed by atoms with van der Waals surface area (Å²) < 4.78 is 5.40. The van der Waals surface area contributed by atoms with Gasteiger partial charge in [-0.1, -0.05) is 6.42 Å². The highest BCUT2D eigenvalue weighted by Gasteiger charge is 2.32. The maximum atomic E-state index is 12.0. The van der Waals surface area contributed by atoms with E-state index in [1.807, 2.05) is 6.92 Å². The number of carboxylic acid groups (broad SMARTS) is 1. The first kappa shape index (κ1) is 15.1. The van der Waals surface area contributed by atoms with Gasteiger partial charge in [0.25, 0.3) is 0 Å². The molecule has 3 N–H and O–H groups in total. The second-order valence-electron chi connectivity index (χ2n) is 6.21. The molecule has 20 heavy (non-hydrogen) atoms. The van der Waals surface area contributed by atoms with Gasteiger partial charge in [0.2, 0.25) is 0 Å². The van der Waals surface area contributed by atoms with Crippen LogP contribution in [0.1, 0.15) is 45.4 Å². The fourth-order valence-electron chi connectivity index (χ4n) is 3.07. The Bertz CT molecular complexity index is 366. The summed E-state index contributed by atoms with van der Waals surface area (Å²) in [6.45, 7) is 3.26. The summed E-state index contributed by atoms with van der Waals surface area (Å²) in [6, 6.07) is -0.257. The molecule has 6 nitrogen and oxygen atoms in total. The van der Waals surface area contributed by atoms with E-state index in [-0.39, 0.29) is 23.5 Å². The van der Waals surface area contributed by atoms with Crippen LogP contribution < -0.4 is 10.6 Å². The first-order chi connectivity index (χ1) is 9.48. The number of carbonyl (C=O) groups is 2. The van der Waals surface area contributed by atoms with Crippen molar-refractivity contribution in [3.8, 4) is 0 Å². The standard InChI is InChI=1S/C14H24N2O4/c1-14(6-3-7-20-9-14)16-13(19)15-11-5-2-4-10(8-11)12(17)18/h10-11H,2-9H2,1H3,(H,17,18)(H2,15,16,19). The molecule has 0 radical (unpaired) electrons. The second-order valence-corrected chi connectivity index (χ2v) is 6.21. The van der Waals surface area contributed by atoms with Crippen LogP contribution in [-0.4, -0.2) is 41.9 Å². The molecule has 1 saturated carbocycles. The number of nitrogens with one attached hydrogen (secondary N) is 2. The fraction of sp³-hybridized carbons (Fsp3) is 0.857. The van der Waals surface area contributed by atoms with Gasteiger partial charge in [-0.3, -0.25) is 4.79 Å². The van der Waals surface area contributed by atoms with Crippen LogP contribution in [0.25, 0.3) is 0 Å². The van der Waals surface area contributed by atoms with E-state index in [1.165, 1.54) is 0 Å². The number of carbonyl (C=O) groups excluding carboxylic acids is 1. The van der Waals surface area contributed by atoms with Gasteiger partial charge in [-0.05, 0) is 39.0 Å². The Labute approximate surface area is 119 Å². The monoisotopic (exact) mass is 284 g/mol. The Kier molecular flexibility index (Phi) is 4.86. The molecule has 0 bridgehead atoms. The van der Waals surface area contributed by atoms with Crippen molar-refractivity contribution in [1.29, 1.82) is 0 Å². The predicted octanol–water partition coefficient (Wildman–Crippen LogP) is 1.50. The van der Waals surface area contributed by atoms with Crippen molar-refractivity contribution in [2.24, 2.45) is 5.92 Å². The number of aliphatic carboxylic acids is 1. The molecule has 0 spiro atoms. The van der Waals surface area contributed by atoms with Gasteiger partial charge in [0.05, 0.1) is 18.1 Å². The molecule has 1 saturated heterocycles. The summed E-state index contributed by atoms with van der Waals surface area (Å²) in [5.74, 6) is -1.09. The van der Waals surface area contributed by atoms with Crippen molar-refractivity contribution in [3.05, 3.63) is 0 Å². The number of hydrogen-bond donors (Lipinski definition) is 3. The normalized spacial score (nSPS) is 34.2. The first-order valence-corrected chi connectivity index (χ1v) is 7.38. The minimum Gasteiger partial charge on any atom is -0.481 e. The van der Waals surface area contributed by atoms with Gasteiger partial charge in [0.15, 0.2) is 0 Å². The number of carboxylic acids is 1. The average Bonchev–Trinajstić information content (AvgIpc) is 2.39. The van der Waals surface area contributed by atoms with Crippen molar-refractivity contribution in [2.75, 3.05) is 13.2 Å². The Morgan fingerprint density at radius 3 is 2.75 bits per heavy atom. The number of rotatable bonds is 3. The van der Waals surface area contributed by atoms with E-state index in [0.29, 0.717) is 19.4 Å². The Balaban J connectivity index is 1.80. The quantitative estimate of drug-likeness (QED) is 0.733. The van der Waals surface area contributed by atoms with Crippen molar-refractivity contribution in [2.45, 2.75) is 57.0 Å². The number of hydrogen-bond acceptors (Lipinski definition) is 3. The molecule has 2 fully saturated rings. The molecule has 2 amide bonds. The molecule has 2 aliphatic rings. The van der Waals surface area contributed by atoms with E-state index in [1.54, 1.807) is 0 Å². The Hall–Kier alpha value is -1.30. The largest absolute Gasteiger partial charge is 0.481 e. The van der Waals surface area contributed by atoms with Gasteiger partial charge in [-0.2, -0.15) is 0 Å². The van der Waals surface area contributed by atoms with Crippen LogP contribution in [0.15, 0.2) is 0 Å². The molecular formula is C14H24N2O4. The van der Waals surface area contributed by atoms with Crippen LogP contribution in [0.2, 0.25) is 0 Å². The third kappa shape index (κ3) is 4.10. The van der Waals surface area contributed by atoms with Crippen LogP contribution in [0, 0.1) is 5.92 Å². The zero-order chi connectivity index (χ0) is 14.6. The van der Waals surface area contributed by atoms with Crippen LogP contribution >= 0.6 is 0 Å². The summed E-state index contributed by atoms with van der Waals surface area (Å²) in [5.41, 5.74) is -0.316. The van der Waals surface area contributed by atoms with E-state index < -0.39 is 5.97 Å². The SMILES string of the molecule is CC1(NC(=O)NC2CCCC(C(=O)O)C2)CCCOC1. The Morgan fingerprint density at radius 2 is 2.10 bits per heavy atom. The lowest BCUT2D eigenvalue weighted by atomic mass is 9.86. The molecule has 1 heterocycles. The van der Waals surface area contributed by atoms with Gasteiger partial charge in [0.1, 0.15) is 0 Å². The van der Waals surface area contributed by atoms with Crippen molar-refractivity contribution >= 4 is 12.0 Å². The van der Waals surface area contributed by atoms with Crippen molar-refractivity contribution in [1.82, 2.24) is 10.6 Å². The van der Waals surface area contributed by atoms with E-state index in [9.17, 15) is 9.59 Å². The van der Waals surface area contributed by atoms with Gasteiger partial charge in [-0.15, -0.1) is 0 Å². The molecule has 0 aromatic rings. The lowest BCUT2D eigenvalue weighted by molar-refractivity contribution is -0.143. The minimum absolute atomic E-state index is 0.0436. The maximum Gasteiger partial charge on any atom is 0.315 e. The first-order valence-electron chi connectivity index (χ1n) is 7.38. The molecule has 3 atom stereocenters. The fourth-order valence-corrected chi connectivity index (χ4v) is 3.07. The molecule has 0 aromatic heterocycles. The van der Waals surface area contributed by atoms with E-state index in [0.717, 1.165) is 32.3 Å². The highest BCUT2D eigenvalue weighted by atomic mass is 16.5. The molecular weight excluding hydrogens is 260 g/mol. The predicted molar refractivity (Wildman–Crippen MR) is 73.5 cm³/mol. The van der Waals surface area contributed by atoms with Crippen molar-refractivity contribution in [3.63, 3.8) is 0 Å². The summed E-state index contributed by atoms with van der Waals surface area (Å²) >= 11 is 0. The second kappa shape index (κ2) is 6.43. The third-order valence-electron chi connectivity index (χ3n) is 4.21. The van der Waals surface area contributed by atoms with Crippen LogP contribution in [0.4, 0.5) is 4.79 Å². The third-order valence-corrected chi connectivity index (χ3v) is 4.21. The summed E-state index contributed by atoms with van der Waals surface area (Å²) in [6.07, 6.45) is 4.79. The molecule has 1 aliphatic heterocycles. The highest BCUT2D eigenvalue weighted by Crippen LogP contribution is 2.24. The smallest absolute Gasteiger partial charge is 0.315 e. The highest BCUT2D eigenvalue weighted by molar-refractivity contribution is 5.75. The number of amides is 2. The van der Waals surface area contributed by atoms with Crippen LogP contribution in [0.3, 0.4) is 0 Å². The summed E-state index contributed by atoms with van der Waals surface area (Å²) in [5, 5.41) is 14.9. The van der Waals surface area contributed by atoms with Gasteiger partial charge in [0, 0.05) is 12.6 Å². The van der Waals surface area contributed by atoms with Crippen LogP contribution in [0.5, 0.6) is 0 Å². The summed E-state index contributed by atoms with van der Waals surface area (Å²) in [4.78, 5) is 23.0. The molecule has 6 heteroatoms. The summed E-state index contributed by atoms with van der Waals surface area (Å²) in [7, 11) is 0. The topological polar surface area (TPSA) is 87.7 Å². The van der Waals surface area contributed by atoms with Gasteiger partial charge >= 0.3 is 12.0 Å². The number of urea groups is 1. The van der Waals surface area contributed by atoms with Crippen molar-refractivity contribution < 1.29 is 19.4 Å². The molecule has 114 valence electrons. The van der Waals surface area contributed by atoms with Gasteiger partial charge < -0.3 is 20.5 Å². The van der Waals surface area contributed by atoms with E-state index in [2.05, 4.69) is 10.6 Å². The van der Waals surface area contributed by atoms with E-state index in [4.69, 9.17) is 9.84 Å². The Morgan fingerprint density at radius 1 is 1.30 bits per heavy atom. The van der Waals surface area contributed by atoms with E-state index >= 15 is 0 Å². The molecule has 0 aromatic carbocycles. The average molecular weight is 284 g/mol. The van der Waals surface area contributed by atoms with Crippen LogP contribution in [-0.2, 0) is 9.53 Å². The lowest BCUT2D eigenvalue weighted by Gasteiger charge is -2.35. The maximum absolute atomic E-state index is 12.0. The molecule has 2 rings (SSSR count).